The lowest BCUT2D eigenvalue weighted by molar-refractivity contribution is 0.0913. The molecule has 25 heavy (non-hydrogen) atoms. The van der Waals surface area contributed by atoms with E-state index in [0.29, 0.717) is 0 Å². The van der Waals surface area contributed by atoms with E-state index >= 15 is 0 Å². The normalized spacial score (nSPS) is 18.9. The lowest BCUT2D eigenvalue weighted by Gasteiger charge is -2.34. The fourth-order valence-electron chi connectivity index (χ4n) is 3.29. The van der Waals surface area contributed by atoms with Crippen LogP contribution in [0.25, 0.3) is 0 Å². The van der Waals surface area contributed by atoms with Crippen LogP contribution in [-0.2, 0) is 6.42 Å². The highest BCUT2D eigenvalue weighted by Crippen LogP contribution is 2.42. The van der Waals surface area contributed by atoms with Crippen LogP contribution in [0, 0.1) is 12.3 Å². The first-order valence-corrected chi connectivity index (χ1v) is 8.93. The summed E-state index contributed by atoms with van der Waals surface area (Å²) in [4.78, 5) is 16.6. The van der Waals surface area contributed by atoms with Gasteiger partial charge in [0.25, 0.3) is 11.7 Å². The topological polar surface area (TPSA) is 55.1 Å². The third-order valence-corrected chi connectivity index (χ3v) is 4.98. The van der Waals surface area contributed by atoms with E-state index < -0.39 is 11.7 Å². The van der Waals surface area contributed by atoms with Crippen molar-refractivity contribution in [3.63, 3.8) is 0 Å². The molecular formula is C18H20F2N2O2S. The number of nitrogens with one attached hydrogen (secondary N) is 1. The van der Waals surface area contributed by atoms with Gasteiger partial charge in [0.05, 0.1) is 11.6 Å². The number of aryl methyl sites for hydroxylation is 1. The number of nitrogens with zero attached hydrogens (tertiary/aromatic N) is 1. The third kappa shape index (κ3) is 4.03. The molecule has 2 aromatic rings. The van der Waals surface area contributed by atoms with Crippen molar-refractivity contribution >= 4 is 17.7 Å². The molecule has 0 saturated carbocycles. The average molecular weight is 366 g/mol. The van der Waals surface area contributed by atoms with Gasteiger partial charge in [-0.25, -0.2) is 4.98 Å². The molecule has 1 aliphatic rings. The summed E-state index contributed by atoms with van der Waals surface area (Å²) in [5.41, 5.74) is 1.11. The van der Waals surface area contributed by atoms with Crippen LogP contribution in [-0.4, -0.2) is 16.6 Å². The second kappa shape index (κ2) is 6.78. The van der Waals surface area contributed by atoms with Gasteiger partial charge in [0.15, 0.2) is 0 Å². The van der Waals surface area contributed by atoms with Crippen LogP contribution in [0.3, 0.4) is 0 Å². The fourth-order valence-corrected chi connectivity index (χ4v) is 3.87. The fraction of sp³-hybridized carbons (Fsp3) is 0.444. The Morgan fingerprint density at radius 3 is 2.96 bits per heavy atom. The zero-order valence-corrected chi connectivity index (χ0v) is 15.1. The summed E-state index contributed by atoms with van der Waals surface area (Å²) < 4.78 is 31.2. The maximum absolute atomic E-state index is 12.7. The van der Waals surface area contributed by atoms with Crippen molar-refractivity contribution in [3.8, 4) is 0 Å². The summed E-state index contributed by atoms with van der Waals surface area (Å²) in [5.74, 6) is -1.34. The Bertz CT molecular complexity index is 789. The number of hydrogen-bond acceptors (Lipinski definition) is 4. The number of amides is 1. The van der Waals surface area contributed by atoms with Crippen LogP contribution in [0.1, 0.15) is 53.8 Å². The molecule has 1 amide bonds. The lowest BCUT2D eigenvalue weighted by atomic mass is 9.74. The molecule has 4 nitrogen and oxygen atoms in total. The summed E-state index contributed by atoms with van der Waals surface area (Å²) in [6, 6.07) is 4.81. The standard InChI is InChI=1S/C18H20F2N2O2S/c1-10-7-12-13(8-18(2,3)9-14(12)24-10)22-15(23)11-5-4-6-21-16(11)25-17(19)20/h4-7,13,17H,8-9H2,1-3H3,(H,22,23). The van der Waals surface area contributed by atoms with Gasteiger partial charge in [-0.3, -0.25) is 4.79 Å². The van der Waals surface area contributed by atoms with Gasteiger partial charge >= 0.3 is 0 Å². The van der Waals surface area contributed by atoms with Crippen LogP contribution in [0.4, 0.5) is 8.78 Å². The SMILES string of the molecule is Cc1cc2c(o1)CC(C)(C)CC2NC(=O)c1cccnc1SC(F)F. The summed E-state index contributed by atoms with van der Waals surface area (Å²) >= 11 is 0.281. The molecule has 2 heterocycles. The number of furan rings is 1. The number of aromatic nitrogens is 1. The number of fused-ring (bicyclic) bond motifs is 1. The largest absolute Gasteiger partial charge is 0.466 e. The van der Waals surface area contributed by atoms with Gasteiger partial charge in [-0.1, -0.05) is 13.8 Å². The Labute approximate surface area is 149 Å². The highest BCUT2D eigenvalue weighted by Gasteiger charge is 2.36. The molecule has 0 spiro atoms. The van der Waals surface area contributed by atoms with E-state index in [4.69, 9.17) is 4.42 Å². The highest BCUT2D eigenvalue weighted by molar-refractivity contribution is 7.99. The van der Waals surface area contributed by atoms with Gasteiger partial charge in [0, 0.05) is 18.2 Å². The highest BCUT2D eigenvalue weighted by atomic mass is 32.2. The third-order valence-electron chi connectivity index (χ3n) is 4.26. The maximum atomic E-state index is 12.7. The summed E-state index contributed by atoms with van der Waals surface area (Å²) in [6.07, 6.45) is 2.97. The number of hydrogen-bond donors (Lipinski definition) is 1. The zero-order valence-electron chi connectivity index (χ0n) is 14.3. The molecule has 2 aromatic heterocycles. The smallest absolute Gasteiger partial charge is 0.290 e. The van der Waals surface area contributed by atoms with Gasteiger partial charge in [-0.2, -0.15) is 8.78 Å². The monoisotopic (exact) mass is 366 g/mol. The van der Waals surface area contributed by atoms with Gasteiger partial charge in [-0.15, -0.1) is 0 Å². The Morgan fingerprint density at radius 1 is 1.48 bits per heavy atom. The lowest BCUT2D eigenvalue weighted by Crippen LogP contribution is -2.36. The van der Waals surface area contributed by atoms with E-state index in [0.717, 1.165) is 29.9 Å². The maximum Gasteiger partial charge on any atom is 0.290 e. The van der Waals surface area contributed by atoms with Gasteiger partial charge < -0.3 is 9.73 Å². The van der Waals surface area contributed by atoms with Crippen molar-refractivity contribution in [3.05, 3.63) is 47.0 Å². The molecule has 134 valence electrons. The first-order chi connectivity index (χ1) is 11.7. The van der Waals surface area contributed by atoms with E-state index in [9.17, 15) is 13.6 Å². The first kappa shape index (κ1) is 17.9. The number of pyridine rings is 1. The Morgan fingerprint density at radius 2 is 2.24 bits per heavy atom. The van der Waals surface area contributed by atoms with Crippen molar-refractivity contribution in [2.45, 2.75) is 50.4 Å². The number of thioether (sulfide) groups is 1. The van der Waals surface area contributed by atoms with Crippen LogP contribution >= 0.6 is 11.8 Å². The van der Waals surface area contributed by atoms with Crippen molar-refractivity contribution in [2.24, 2.45) is 5.41 Å². The molecule has 1 unspecified atom stereocenters. The molecule has 1 atom stereocenters. The summed E-state index contributed by atoms with van der Waals surface area (Å²) in [6.45, 7) is 6.12. The molecule has 7 heteroatoms. The summed E-state index contributed by atoms with van der Waals surface area (Å²) in [5, 5.41) is 3.01. The Hall–Kier alpha value is -1.89. The van der Waals surface area contributed by atoms with Crippen LogP contribution in [0.15, 0.2) is 33.8 Å². The number of carbonyl (C=O) groups is 1. The van der Waals surface area contributed by atoms with E-state index in [1.54, 1.807) is 6.07 Å². The van der Waals surface area contributed by atoms with E-state index in [1.165, 1.54) is 12.3 Å². The van der Waals surface area contributed by atoms with Crippen molar-refractivity contribution in [1.82, 2.24) is 10.3 Å². The number of carbonyl (C=O) groups excluding carboxylic acids is 1. The second-order valence-electron chi connectivity index (χ2n) is 7.04. The molecule has 0 radical (unpaired) electrons. The minimum Gasteiger partial charge on any atom is -0.466 e. The first-order valence-electron chi connectivity index (χ1n) is 8.05. The van der Waals surface area contributed by atoms with Gasteiger partial charge in [0.2, 0.25) is 0 Å². The van der Waals surface area contributed by atoms with Crippen LogP contribution in [0.5, 0.6) is 0 Å². The summed E-state index contributed by atoms with van der Waals surface area (Å²) in [7, 11) is 0. The average Bonchev–Trinajstić information content (AvgIpc) is 2.86. The molecule has 0 aliphatic heterocycles. The van der Waals surface area contributed by atoms with Crippen molar-refractivity contribution in [2.75, 3.05) is 0 Å². The molecular weight excluding hydrogens is 346 g/mol. The van der Waals surface area contributed by atoms with Crippen LogP contribution < -0.4 is 5.32 Å². The predicted molar refractivity (Wildman–Crippen MR) is 91.9 cm³/mol. The van der Waals surface area contributed by atoms with Crippen molar-refractivity contribution < 1.29 is 18.0 Å². The number of halogens is 2. The molecule has 0 bridgehead atoms. The molecule has 0 fully saturated rings. The predicted octanol–water partition coefficient (Wildman–Crippen LogP) is 4.74. The van der Waals surface area contributed by atoms with Crippen molar-refractivity contribution in [1.29, 1.82) is 0 Å². The molecule has 0 aromatic carbocycles. The minimum atomic E-state index is -2.63. The van der Waals surface area contributed by atoms with E-state index in [1.807, 2.05) is 13.0 Å². The zero-order chi connectivity index (χ0) is 18.2. The number of alkyl halides is 2. The van der Waals surface area contributed by atoms with E-state index in [2.05, 4.69) is 24.1 Å². The minimum absolute atomic E-state index is 0.0231. The Kier molecular flexibility index (Phi) is 4.86. The van der Waals surface area contributed by atoms with Gasteiger partial charge in [-0.05, 0) is 48.7 Å². The molecule has 1 aliphatic carbocycles. The molecule has 1 N–H and O–H groups in total. The van der Waals surface area contributed by atoms with Crippen LogP contribution in [0.2, 0.25) is 0 Å². The second-order valence-corrected chi connectivity index (χ2v) is 8.02. The van der Waals surface area contributed by atoms with E-state index in [-0.39, 0.29) is 33.8 Å². The Balaban J connectivity index is 1.86. The quantitative estimate of drug-likeness (QED) is 0.794. The molecule has 3 rings (SSSR count). The van der Waals surface area contributed by atoms with Gasteiger partial charge in [0.1, 0.15) is 16.5 Å². The molecule has 0 saturated heterocycles. The number of rotatable bonds is 4.